The highest BCUT2D eigenvalue weighted by molar-refractivity contribution is 7.80. The van der Waals surface area contributed by atoms with Gasteiger partial charge in [-0.25, -0.2) is 0 Å². The Morgan fingerprint density at radius 1 is 1.06 bits per heavy atom. The molecule has 170 valence electrons. The Kier molecular flexibility index (Phi) is 8.97. The lowest BCUT2D eigenvalue weighted by molar-refractivity contribution is 0.0303. The van der Waals surface area contributed by atoms with Crippen LogP contribution in [0.5, 0.6) is 5.75 Å². The zero-order chi connectivity index (χ0) is 22.8. The van der Waals surface area contributed by atoms with Gasteiger partial charge in [0.15, 0.2) is 5.11 Å². The third-order valence-electron chi connectivity index (χ3n) is 4.71. The Labute approximate surface area is 192 Å². The van der Waals surface area contributed by atoms with Crippen molar-refractivity contribution in [1.29, 1.82) is 0 Å². The fourth-order valence-electron chi connectivity index (χ4n) is 3.07. The Morgan fingerprint density at radius 2 is 1.81 bits per heavy atom. The van der Waals surface area contributed by atoms with Gasteiger partial charge >= 0.3 is 0 Å². The SMILES string of the molecule is CCOCCOc1cccc(C(=O)NC(=S)Nc2ccc(C(=O)N3CCOCC3)cc2)c1. The number of ether oxygens (including phenoxy) is 3. The van der Waals surface area contributed by atoms with Crippen LogP contribution in [0, 0.1) is 0 Å². The van der Waals surface area contributed by atoms with E-state index in [1.807, 2.05) is 6.92 Å². The van der Waals surface area contributed by atoms with E-state index in [0.717, 1.165) is 0 Å². The van der Waals surface area contributed by atoms with E-state index in [1.54, 1.807) is 53.4 Å². The van der Waals surface area contributed by atoms with Gasteiger partial charge in [-0.15, -0.1) is 0 Å². The quantitative estimate of drug-likeness (QED) is 0.465. The molecule has 8 nitrogen and oxygen atoms in total. The summed E-state index contributed by atoms with van der Waals surface area (Å²) in [6, 6.07) is 13.8. The third-order valence-corrected chi connectivity index (χ3v) is 4.92. The molecule has 1 aliphatic rings. The third kappa shape index (κ3) is 7.01. The molecule has 3 rings (SSSR count). The number of carbonyl (C=O) groups excluding carboxylic acids is 2. The summed E-state index contributed by atoms with van der Waals surface area (Å²) in [6.07, 6.45) is 0. The number of amides is 2. The molecule has 2 N–H and O–H groups in total. The molecule has 0 spiro atoms. The van der Waals surface area contributed by atoms with Crippen LogP contribution in [0.2, 0.25) is 0 Å². The summed E-state index contributed by atoms with van der Waals surface area (Å²) in [4.78, 5) is 26.8. The standard InChI is InChI=1S/C23H27N3O5S/c1-2-29-14-15-31-20-5-3-4-18(16-20)21(27)25-23(32)24-19-8-6-17(7-9-19)22(28)26-10-12-30-13-11-26/h3-9,16H,2,10-15H2,1H3,(H2,24,25,27,32). The fraction of sp³-hybridized carbons (Fsp3) is 0.348. The molecule has 32 heavy (non-hydrogen) atoms. The minimum Gasteiger partial charge on any atom is -0.491 e. The number of carbonyl (C=O) groups is 2. The maximum absolute atomic E-state index is 12.5. The minimum absolute atomic E-state index is 0.0286. The van der Waals surface area contributed by atoms with Gasteiger partial charge in [0.25, 0.3) is 11.8 Å². The maximum Gasteiger partial charge on any atom is 0.257 e. The first-order chi connectivity index (χ1) is 15.6. The van der Waals surface area contributed by atoms with Crippen LogP contribution in [0.25, 0.3) is 0 Å². The molecule has 2 aromatic rings. The average molecular weight is 458 g/mol. The summed E-state index contributed by atoms with van der Waals surface area (Å²) in [5.41, 5.74) is 1.69. The second-order valence-corrected chi connectivity index (χ2v) is 7.37. The number of nitrogens with one attached hydrogen (secondary N) is 2. The lowest BCUT2D eigenvalue weighted by atomic mass is 10.1. The van der Waals surface area contributed by atoms with Gasteiger partial charge in [-0.2, -0.15) is 0 Å². The zero-order valence-corrected chi connectivity index (χ0v) is 18.8. The molecule has 0 saturated carbocycles. The fourth-order valence-corrected chi connectivity index (χ4v) is 3.28. The van der Waals surface area contributed by atoms with Gasteiger partial charge in [0.1, 0.15) is 12.4 Å². The van der Waals surface area contributed by atoms with E-state index in [4.69, 9.17) is 26.4 Å². The molecule has 0 radical (unpaired) electrons. The Hall–Kier alpha value is -3.01. The molecule has 0 aromatic heterocycles. The molecule has 0 aliphatic carbocycles. The Morgan fingerprint density at radius 3 is 2.53 bits per heavy atom. The first-order valence-corrected chi connectivity index (χ1v) is 10.9. The number of hydrogen-bond donors (Lipinski definition) is 2. The summed E-state index contributed by atoms with van der Waals surface area (Å²) in [7, 11) is 0. The van der Waals surface area contributed by atoms with Crippen molar-refractivity contribution in [2.45, 2.75) is 6.92 Å². The van der Waals surface area contributed by atoms with E-state index in [-0.39, 0.29) is 16.9 Å². The van der Waals surface area contributed by atoms with Crippen LogP contribution in [0.15, 0.2) is 48.5 Å². The molecule has 1 saturated heterocycles. The van der Waals surface area contributed by atoms with Crippen molar-refractivity contribution >= 4 is 34.8 Å². The number of nitrogens with zero attached hydrogens (tertiary/aromatic N) is 1. The summed E-state index contributed by atoms with van der Waals surface area (Å²) in [5.74, 6) is 0.202. The highest BCUT2D eigenvalue weighted by Gasteiger charge is 2.18. The van der Waals surface area contributed by atoms with Crippen LogP contribution in [-0.2, 0) is 9.47 Å². The van der Waals surface area contributed by atoms with Gasteiger partial charge in [-0.3, -0.25) is 14.9 Å². The van der Waals surface area contributed by atoms with Gasteiger partial charge in [0.05, 0.1) is 19.8 Å². The second kappa shape index (κ2) is 12.1. The highest BCUT2D eigenvalue weighted by Crippen LogP contribution is 2.15. The van der Waals surface area contributed by atoms with Crippen molar-refractivity contribution in [2.24, 2.45) is 0 Å². The van der Waals surface area contributed by atoms with E-state index in [0.29, 0.717) is 68.7 Å². The summed E-state index contributed by atoms with van der Waals surface area (Å²) >= 11 is 5.25. The van der Waals surface area contributed by atoms with Crippen LogP contribution in [0.4, 0.5) is 5.69 Å². The van der Waals surface area contributed by atoms with E-state index in [2.05, 4.69) is 10.6 Å². The minimum atomic E-state index is -0.350. The molecule has 0 unspecified atom stereocenters. The largest absolute Gasteiger partial charge is 0.491 e. The van der Waals surface area contributed by atoms with E-state index < -0.39 is 0 Å². The molecule has 0 atom stereocenters. The van der Waals surface area contributed by atoms with Gasteiger partial charge in [-0.05, 0) is 61.6 Å². The molecular weight excluding hydrogens is 430 g/mol. The van der Waals surface area contributed by atoms with E-state index >= 15 is 0 Å². The van der Waals surface area contributed by atoms with Crippen molar-refractivity contribution in [1.82, 2.24) is 10.2 Å². The molecule has 1 aliphatic heterocycles. The lowest BCUT2D eigenvalue weighted by Gasteiger charge is -2.26. The summed E-state index contributed by atoms with van der Waals surface area (Å²) in [5, 5.41) is 5.76. The number of thiocarbonyl (C=S) groups is 1. The number of rotatable bonds is 8. The zero-order valence-electron chi connectivity index (χ0n) is 18.0. The van der Waals surface area contributed by atoms with Crippen molar-refractivity contribution < 1.29 is 23.8 Å². The van der Waals surface area contributed by atoms with E-state index in [9.17, 15) is 9.59 Å². The van der Waals surface area contributed by atoms with Crippen molar-refractivity contribution in [3.63, 3.8) is 0 Å². The van der Waals surface area contributed by atoms with Crippen LogP contribution in [0.1, 0.15) is 27.6 Å². The topological polar surface area (TPSA) is 89.1 Å². The molecule has 1 heterocycles. The number of morpholine rings is 1. The van der Waals surface area contributed by atoms with Gasteiger partial charge in [-0.1, -0.05) is 6.07 Å². The van der Waals surface area contributed by atoms with Gasteiger partial charge < -0.3 is 24.4 Å². The van der Waals surface area contributed by atoms with Crippen molar-refractivity contribution in [3.05, 3.63) is 59.7 Å². The maximum atomic E-state index is 12.5. The molecule has 0 bridgehead atoms. The Bertz CT molecular complexity index is 929. The summed E-state index contributed by atoms with van der Waals surface area (Å²) < 4.78 is 16.1. The highest BCUT2D eigenvalue weighted by atomic mass is 32.1. The predicted octanol–water partition coefficient (Wildman–Crippen LogP) is 2.70. The van der Waals surface area contributed by atoms with Crippen LogP contribution >= 0.6 is 12.2 Å². The molecule has 2 amide bonds. The molecule has 2 aromatic carbocycles. The first kappa shape index (κ1) is 23.6. The van der Waals surface area contributed by atoms with E-state index in [1.165, 1.54) is 0 Å². The van der Waals surface area contributed by atoms with Crippen molar-refractivity contribution in [2.75, 3.05) is 51.4 Å². The first-order valence-electron chi connectivity index (χ1n) is 10.5. The molecule has 1 fully saturated rings. The van der Waals surface area contributed by atoms with Gasteiger partial charge in [0.2, 0.25) is 0 Å². The smallest absolute Gasteiger partial charge is 0.257 e. The predicted molar refractivity (Wildman–Crippen MR) is 125 cm³/mol. The van der Waals surface area contributed by atoms with Gasteiger partial charge in [0, 0.05) is 36.5 Å². The van der Waals surface area contributed by atoms with Crippen LogP contribution in [-0.4, -0.2) is 68.0 Å². The lowest BCUT2D eigenvalue weighted by Crippen LogP contribution is -2.40. The van der Waals surface area contributed by atoms with Crippen LogP contribution in [0.3, 0.4) is 0 Å². The number of hydrogen-bond acceptors (Lipinski definition) is 6. The summed E-state index contributed by atoms with van der Waals surface area (Å²) in [6.45, 7) is 5.73. The normalized spacial score (nSPS) is 13.3. The molecule has 9 heteroatoms. The average Bonchev–Trinajstić information content (AvgIpc) is 2.82. The number of anilines is 1. The Balaban J connectivity index is 1.50. The van der Waals surface area contributed by atoms with Crippen LogP contribution < -0.4 is 15.4 Å². The van der Waals surface area contributed by atoms with Crippen molar-refractivity contribution in [3.8, 4) is 5.75 Å². The number of benzene rings is 2. The monoisotopic (exact) mass is 457 g/mol. The molecular formula is C23H27N3O5S. The second-order valence-electron chi connectivity index (χ2n) is 6.96.